The molecule has 4 aromatic rings. The molecule has 0 spiro atoms. The summed E-state index contributed by atoms with van der Waals surface area (Å²) < 4.78 is 16.0. The van der Waals surface area contributed by atoms with Gasteiger partial charge in [-0.05, 0) is 55.4 Å². The highest BCUT2D eigenvalue weighted by Gasteiger charge is 2.30. The predicted octanol–water partition coefficient (Wildman–Crippen LogP) is 5.12. The molecule has 7 rings (SSSR count). The minimum atomic E-state index is -0.362. The smallest absolute Gasteiger partial charge is 0.320 e. The van der Waals surface area contributed by atoms with Crippen LogP contribution in [0, 0.1) is 5.41 Å². The molecule has 14 heteroatoms. The number of morpholine rings is 1. The number of carbonyl (C=O) groups is 1. The number of nitrogens with two attached hydrogens (primary N) is 1. The topological polar surface area (TPSA) is 152 Å². The molecule has 2 fully saturated rings. The summed E-state index contributed by atoms with van der Waals surface area (Å²) in [5.41, 5.74) is 10.3. The van der Waals surface area contributed by atoms with Crippen LogP contribution in [0.5, 0.6) is 5.75 Å². The van der Waals surface area contributed by atoms with E-state index >= 15 is 0 Å². The minimum absolute atomic E-state index is 0.170. The predicted molar refractivity (Wildman–Crippen MR) is 201 cm³/mol. The van der Waals surface area contributed by atoms with Gasteiger partial charge in [0.2, 0.25) is 5.95 Å². The minimum Gasteiger partial charge on any atom is -0.484 e. The molecule has 2 amide bonds. The molecule has 3 aliphatic rings. The summed E-state index contributed by atoms with van der Waals surface area (Å²) in [6, 6.07) is 11.5. The van der Waals surface area contributed by atoms with Crippen molar-refractivity contribution in [1.82, 2.24) is 39.9 Å². The number of nitrogens with one attached hydrogen (secondary N) is 2. The first-order valence-corrected chi connectivity index (χ1v) is 18.5. The number of hydrogen-bond donors (Lipinski definition) is 3. The number of benzene rings is 1. The summed E-state index contributed by atoms with van der Waals surface area (Å²) in [5, 5.41) is 19.5. The van der Waals surface area contributed by atoms with Gasteiger partial charge in [-0.15, -0.1) is 10.2 Å². The Labute approximate surface area is 305 Å². The molecule has 5 heterocycles. The highest BCUT2D eigenvalue weighted by Crippen LogP contribution is 2.39. The normalized spacial score (nSPS) is 20.5. The molecule has 14 nitrogen and oxygen atoms in total. The molecule has 4 N–H and O–H groups in total. The van der Waals surface area contributed by atoms with Crippen molar-refractivity contribution < 1.29 is 14.3 Å². The lowest BCUT2D eigenvalue weighted by Crippen LogP contribution is -2.42. The van der Waals surface area contributed by atoms with Gasteiger partial charge in [-0.3, -0.25) is 19.3 Å². The molecular weight excluding hydrogens is 658 g/mol. The number of amidine groups is 1. The van der Waals surface area contributed by atoms with Gasteiger partial charge in [0.25, 0.3) is 0 Å². The standard InChI is InChI=1S/C38H51N11O3/c1-38(2,3)33(39)23-34(41-27-24-40-48(25-27)18-17-46-19-21-51-22-20-46)43-36(50)42-31-12-13-32(30-10-6-5-9-29(30)31)52-28-11-14-35-44-45-37(49(35)26-28)47-15-7-4-8-16-47/h5-6,9-11,14,23-26,31-32H,4,7-8,12-13,15-22,39H2,1-3H3,(H2,41,42,43,50)/b33-23-/t31-,32+/m0/s1. The van der Waals surface area contributed by atoms with Crippen LogP contribution in [0.1, 0.15) is 76.1 Å². The van der Waals surface area contributed by atoms with Crippen LogP contribution in [0.2, 0.25) is 0 Å². The fourth-order valence-corrected chi connectivity index (χ4v) is 6.94. The lowest BCUT2D eigenvalue weighted by molar-refractivity contribution is 0.0360. The van der Waals surface area contributed by atoms with Gasteiger partial charge in [0.1, 0.15) is 23.4 Å². The molecule has 0 unspecified atom stereocenters. The Kier molecular flexibility index (Phi) is 10.7. The number of allylic oxidation sites excluding steroid dienone is 1. The zero-order chi connectivity index (χ0) is 36.1. The van der Waals surface area contributed by atoms with Crippen molar-refractivity contribution >= 4 is 29.1 Å². The number of piperidine rings is 1. The van der Waals surface area contributed by atoms with Crippen molar-refractivity contribution in [2.75, 3.05) is 50.8 Å². The number of hydrogen-bond acceptors (Lipinski definition) is 10. The Morgan fingerprint density at radius 1 is 1.00 bits per heavy atom. The van der Waals surface area contributed by atoms with E-state index in [2.05, 4.69) is 47.9 Å². The number of aliphatic imine (C=N–C) groups is 1. The van der Waals surface area contributed by atoms with Crippen LogP contribution in [0.15, 0.2) is 71.8 Å². The highest BCUT2D eigenvalue weighted by atomic mass is 16.5. The third kappa shape index (κ3) is 8.56. The summed E-state index contributed by atoms with van der Waals surface area (Å²) in [6.07, 6.45) is 12.1. The number of ether oxygens (including phenoxy) is 2. The van der Waals surface area contributed by atoms with Crippen molar-refractivity contribution in [2.24, 2.45) is 16.1 Å². The first kappa shape index (κ1) is 35.5. The van der Waals surface area contributed by atoms with Crippen LogP contribution in [0.3, 0.4) is 0 Å². The highest BCUT2D eigenvalue weighted by molar-refractivity contribution is 6.05. The third-order valence-electron chi connectivity index (χ3n) is 10.0. The summed E-state index contributed by atoms with van der Waals surface area (Å²) in [4.78, 5) is 23.0. The average molecular weight is 710 g/mol. The van der Waals surface area contributed by atoms with E-state index in [0.717, 1.165) is 100 Å². The van der Waals surface area contributed by atoms with E-state index < -0.39 is 0 Å². The molecule has 2 atom stereocenters. The summed E-state index contributed by atoms with van der Waals surface area (Å²) in [7, 11) is 0. The number of rotatable bonds is 9. The second-order valence-corrected chi connectivity index (χ2v) is 14.9. The van der Waals surface area contributed by atoms with Gasteiger partial charge in [0, 0.05) is 49.9 Å². The van der Waals surface area contributed by atoms with Crippen LogP contribution < -0.4 is 26.0 Å². The number of aromatic nitrogens is 5. The van der Waals surface area contributed by atoms with Crippen molar-refractivity contribution in [3.8, 4) is 5.75 Å². The largest absolute Gasteiger partial charge is 0.484 e. The fraction of sp³-hybridized carbons (Fsp3) is 0.500. The molecule has 0 bridgehead atoms. The Bertz CT molecular complexity index is 1900. The van der Waals surface area contributed by atoms with E-state index in [-0.39, 0.29) is 23.6 Å². The maximum atomic E-state index is 13.6. The van der Waals surface area contributed by atoms with E-state index in [9.17, 15) is 4.79 Å². The third-order valence-corrected chi connectivity index (χ3v) is 10.0. The van der Waals surface area contributed by atoms with Crippen LogP contribution >= 0.6 is 0 Å². The van der Waals surface area contributed by atoms with E-state index in [1.54, 1.807) is 12.3 Å². The second-order valence-electron chi connectivity index (χ2n) is 14.9. The van der Waals surface area contributed by atoms with Crippen molar-refractivity contribution in [1.29, 1.82) is 0 Å². The molecule has 0 radical (unpaired) electrons. The van der Waals surface area contributed by atoms with Crippen molar-refractivity contribution in [2.45, 2.75) is 71.6 Å². The maximum Gasteiger partial charge on any atom is 0.320 e. The van der Waals surface area contributed by atoms with Gasteiger partial charge < -0.3 is 25.4 Å². The number of carbonyl (C=O) groups excluding carboxylic acids is 1. The van der Waals surface area contributed by atoms with E-state index in [1.807, 2.05) is 66.5 Å². The number of fused-ring (bicyclic) bond motifs is 2. The molecular formula is C38H51N11O3. The Balaban J connectivity index is 1.04. The van der Waals surface area contributed by atoms with E-state index in [4.69, 9.17) is 20.2 Å². The number of anilines is 1. The first-order chi connectivity index (χ1) is 25.2. The average Bonchev–Trinajstić information content (AvgIpc) is 3.78. The fourth-order valence-electron chi connectivity index (χ4n) is 6.94. The summed E-state index contributed by atoms with van der Waals surface area (Å²) in [6.45, 7) is 13.0. The zero-order valence-corrected chi connectivity index (χ0v) is 30.5. The molecule has 2 aliphatic heterocycles. The Morgan fingerprint density at radius 2 is 1.79 bits per heavy atom. The van der Waals surface area contributed by atoms with Gasteiger partial charge in [-0.25, -0.2) is 9.79 Å². The van der Waals surface area contributed by atoms with Crippen LogP contribution in [0.4, 0.5) is 16.4 Å². The molecule has 1 aromatic carbocycles. The SMILES string of the molecule is CC(C)(C)/C(N)=C/C(=Nc1cnn(CCN2CCOCC2)c1)NC(=O)N[C@H]1CC[C@@H](Oc2ccc3nnc(N4CCCCC4)n3c2)c2ccccc21. The van der Waals surface area contributed by atoms with Gasteiger partial charge in [0.05, 0.1) is 44.4 Å². The molecule has 2 saturated heterocycles. The van der Waals surface area contributed by atoms with Crippen LogP contribution in [-0.4, -0.2) is 87.1 Å². The lowest BCUT2D eigenvalue weighted by atomic mass is 9.85. The first-order valence-electron chi connectivity index (χ1n) is 18.5. The molecule has 52 heavy (non-hydrogen) atoms. The maximum absolute atomic E-state index is 13.6. The number of amides is 2. The quantitative estimate of drug-likeness (QED) is 0.159. The zero-order valence-electron chi connectivity index (χ0n) is 30.5. The monoisotopic (exact) mass is 709 g/mol. The van der Waals surface area contributed by atoms with Gasteiger partial charge in [0.15, 0.2) is 5.65 Å². The van der Waals surface area contributed by atoms with Gasteiger partial charge in [-0.2, -0.15) is 5.10 Å². The van der Waals surface area contributed by atoms with Gasteiger partial charge in [-0.1, -0.05) is 45.0 Å². The van der Waals surface area contributed by atoms with Crippen LogP contribution in [-0.2, 0) is 11.3 Å². The number of nitrogens with zero attached hydrogens (tertiary/aromatic N) is 8. The number of urea groups is 1. The molecule has 0 saturated carbocycles. The Morgan fingerprint density at radius 3 is 2.58 bits per heavy atom. The molecule has 3 aromatic heterocycles. The number of pyridine rings is 1. The van der Waals surface area contributed by atoms with Gasteiger partial charge >= 0.3 is 6.03 Å². The van der Waals surface area contributed by atoms with Crippen molar-refractivity contribution in [3.05, 3.63) is 77.9 Å². The lowest BCUT2D eigenvalue weighted by Gasteiger charge is -2.32. The second kappa shape index (κ2) is 15.7. The van der Waals surface area contributed by atoms with E-state index in [1.165, 1.54) is 6.42 Å². The Hall–Kier alpha value is -4.95. The summed E-state index contributed by atoms with van der Waals surface area (Å²) in [5.74, 6) is 1.96. The van der Waals surface area contributed by atoms with Crippen LogP contribution in [0.25, 0.3) is 5.65 Å². The summed E-state index contributed by atoms with van der Waals surface area (Å²) >= 11 is 0. The van der Waals surface area contributed by atoms with Crippen molar-refractivity contribution in [3.63, 3.8) is 0 Å². The molecule has 276 valence electrons. The van der Waals surface area contributed by atoms with E-state index in [0.29, 0.717) is 23.6 Å². The molecule has 1 aliphatic carbocycles.